The number of hydrogen-bond acceptors (Lipinski definition) is 4. The van der Waals surface area contributed by atoms with Gasteiger partial charge in [0.25, 0.3) is 5.56 Å². The van der Waals surface area contributed by atoms with E-state index in [1.54, 1.807) is 10.6 Å². The van der Waals surface area contributed by atoms with Crippen molar-refractivity contribution in [3.63, 3.8) is 0 Å². The van der Waals surface area contributed by atoms with Gasteiger partial charge in [0.1, 0.15) is 5.65 Å². The maximum atomic E-state index is 12.8. The Morgan fingerprint density at radius 2 is 2.00 bits per heavy atom. The summed E-state index contributed by atoms with van der Waals surface area (Å²) in [4.78, 5) is 20.7. The number of benzene rings is 1. The Bertz CT molecular complexity index is 998. The molecule has 1 atom stereocenters. The summed E-state index contributed by atoms with van der Waals surface area (Å²) in [7, 11) is 0. The van der Waals surface area contributed by atoms with Crippen LogP contribution in [0.2, 0.25) is 0 Å². The average molecular weight is 362 g/mol. The normalized spacial score (nSPS) is 13.0. The molecule has 0 fully saturated rings. The van der Waals surface area contributed by atoms with E-state index >= 15 is 0 Å². The van der Waals surface area contributed by atoms with Crippen molar-refractivity contribution >= 4 is 22.7 Å². The molecule has 3 aromatic rings. The summed E-state index contributed by atoms with van der Waals surface area (Å²) in [6.07, 6.45) is -2.16. The Morgan fingerprint density at radius 3 is 2.69 bits per heavy atom. The smallest absolute Gasteiger partial charge is 0.324 e. The molecule has 0 saturated heterocycles. The van der Waals surface area contributed by atoms with Crippen LogP contribution in [0.4, 0.5) is 24.8 Å². The number of fused-ring (bicyclic) bond motifs is 1. The number of halogens is 3. The topological polar surface area (TPSA) is 59.8 Å². The summed E-state index contributed by atoms with van der Waals surface area (Å²) in [6, 6.07) is 7.80. The maximum Gasteiger partial charge on any atom is 0.416 e. The van der Waals surface area contributed by atoms with E-state index < -0.39 is 11.7 Å². The first-order valence-electron chi connectivity index (χ1n) is 8.12. The SMILES string of the molecule is CCC(C)n1c(=O)ccc2cnc(Nc3cccc(C(F)(F)F)c3)nc21. The first-order chi connectivity index (χ1) is 12.3. The molecule has 5 nitrogen and oxygen atoms in total. The van der Waals surface area contributed by atoms with Gasteiger partial charge >= 0.3 is 6.18 Å². The second kappa shape index (κ2) is 6.78. The minimum absolute atomic E-state index is 0.0671. The van der Waals surface area contributed by atoms with Crippen LogP contribution in [-0.4, -0.2) is 14.5 Å². The number of anilines is 2. The molecule has 8 heteroatoms. The number of nitrogens with one attached hydrogen (secondary N) is 1. The van der Waals surface area contributed by atoms with Crippen LogP contribution in [0, 0.1) is 0 Å². The van der Waals surface area contributed by atoms with Crippen molar-refractivity contribution in [3.8, 4) is 0 Å². The highest BCUT2D eigenvalue weighted by Gasteiger charge is 2.30. The fraction of sp³-hybridized carbons (Fsp3) is 0.278. The maximum absolute atomic E-state index is 12.8. The van der Waals surface area contributed by atoms with Crippen LogP contribution in [0.5, 0.6) is 0 Å². The van der Waals surface area contributed by atoms with Crippen LogP contribution in [0.1, 0.15) is 31.9 Å². The zero-order valence-corrected chi connectivity index (χ0v) is 14.2. The standard InChI is InChI=1S/C18H17F3N4O/c1-3-11(2)25-15(26)8-7-12-10-22-17(24-16(12)25)23-14-6-4-5-13(9-14)18(19,20)21/h4-11H,3H2,1-2H3,(H,22,23,24). The Balaban J connectivity index is 2.03. The Kier molecular flexibility index (Phi) is 4.67. The number of alkyl halides is 3. The van der Waals surface area contributed by atoms with Crippen molar-refractivity contribution < 1.29 is 13.2 Å². The molecular formula is C18H17F3N4O. The minimum Gasteiger partial charge on any atom is -0.324 e. The molecule has 0 bridgehead atoms. The molecular weight excluding hydrogens is 345 g/mol. The van der Waals surface area contributed by atoms with Crippen molar-refractivity contribution in [2.24, 2.45) is 0 Å². The van der Waals surface area contributed by atoms with Gasteiger partial charge in [0.05, 0.1) is 5.56 Å². The Morgan fingerprint density at radius 1 is 1.23 bits per heavy atom. The number of aromatic nitrogens is 3. The predicted molar refractivity (Wildman–Crippen MR) is 93.5 cm³/mol. The quantitative estimate of drug-likeness (QED) is 0.741. The summed E-state index contributed by atoms with van der Waals surface area (Å²) in [6.45, 7) is 3.86. The van der Waals surface area contributed by atoms with Gasteiger partial charge in [-0.1, -0.05) is 13.0 Å². The molecule has 0 aliphatic heterocycles. The van der Waals surface area contributed by atoms with Crippen molar-refractivity contribution in [2.45, 2.75) is 32.5 Å². The zero-order valence-electron chi connectivity index (χ0n) is 14.2. The Hall–Kier alpha value is -2.90. The lowest BCUT2D eigenvalue weighted by atomic mass is 10.2. The molecule has 3 rings (SSSR count). The largest absolute Gasteiger partial charge is 0.416 e. The van der Waals surface area contributed by atoms with Gasteiger partial charge in [0.15, 0.2) is 0 Å². The number of rotatable bonds is 4. The molecule has 2 aromatic heterocycles. The molecule has 0 radical (unpaired) electrons. The molecule has 2 heterocycles. The van der Waals surface area contributed by atoms with Crippen molar-refractivity contribution in [2.75, 3.05) is 5.32 Å². The second-order valence-electron chi connectivity index (χ2n) is 5.97. The Labute approximate surface area is 147 Å². The third-order valence-corrected chi connectivity index (χ3v) is 4.14. The van der Waals surface area contributed by atoms with E-state index in [1.165, 1.54) is 24.4 Å². The molecule has 1 N–H and O–H groups in total. The van der Waals surface area contributed by atoms with Gasteiger partial charge in [-0.15, -0.1) is 0 Å². The van der Waals surface area contributed by atoms with Gasteiger partial charge in [-0.05, 0) is 37.6 Å². The van der Waals surface area contributed by atoms with Crippen LogP contribution in [0.3, 0.4) is 0 Å². The molecule has 1 unspecified atom stereocenters. The van der Waals surface area contributed by atoms with E-state index in [1.807, 2.05) is 13.8 Å². The summed E-state index contributed by atoms with van der Waals surface area (Å²) < 4.78 is 40.1. The molecule has 0 saturated carbocycles. The first kappa shape index (κ1) is 17.9. The van der Waals surface area contributed by atoms with Gasteiger partial charge in [-0.3, -0.25) is 9.36 Å². The summed E-state index contributed by atoms with van der Waals surface area (Å²) in [5, 5.41) is 3.45. The lowest BCUT2D eigenvalue weighted by molar-refractivity contribution is -0.137. The highest BCUT2D eigenvalue weighted by Crippen LogP contribution is 2.31. The van der Waals surface area contributed by atoms with E-state index in [0.29, 0.717) is 11.0 Å². The van der Waals surface area contributed by atoms with E-state index in [2.05, 4.69) is 15.3 Å². The third kappa shape index (κ3) is 3.54. The molecule has 1 aromatic carbocycles. The van der Waals surface area contributed by atoms with Crippen molar-refractivity contribution in [1.82, 2.24) is 14.5 Å². The van der Waals surface area contributed by atoms with E-state index in [0.717, 1.165) is 18.6 Å². The highest BCUT2D eigenvalue weighted by atomic mass is 19.4. The zero-order chi connectivity index (χ0) is 18.9. The van der Waals surface area contributed by atoms with Gasteiger partial charge in [-0.25, -0.2) is 4.98 Å². The van der Waals surface area contributed by atoms with Crippen molar-refractivity contribution in [3.05, 3.63) is 58.5 Å². The third-order valence-electron chi connectivity index (χ3n) is 4.14. The van der Waals surface area contributed by atoms with E-state index in [4.69, 9.17) is 0 Å². The number of hydrogen-bond donors (Lipinski definition) is 1. The lowest BCUT2D eigenvalue weighted by Gasteiger charge is -2.16. The second-order valence-corrected chi connectivity index (χ2v) is 5.97. The fourth-order valence-corrected chi connectivity index (χ4v) is 2.61. The molecule has 26 heavy (non-hydrogen) atoms. The van der Waals surface area contributed by atoms with Crippen LogP contribution in [0.15, 0.2) is 47.4 Å². The number of nitrogens with zero attached hydrogens (tertiary/aromatic N) is 3. The van der Waals surface area contributed by atoms with Crippen LogP contribution in [0.25, 0.3) is 11.0 Å². The lowest BCUT2D eigenvalue weighted by Crippen LogP contribution is -2.23. The van der Waals surface area contributed by atoms with Crippen LogP contribution >= 0.6 is 0 Å². The summed E-state index contributed by atoms with van der Waals surface area (Å²) >= 11 is 0. The van der Waals surface area contributed by atoms with Gasteiger partial charge in [0, 0.05) is 29.4 Å². The van der Waals surface area contributed by atoms with E-state index in [9.17, 15) is 18.0 Å². The number of pyridine rings is 1. The molecule has 0 spiro atoms. The van der Waals surface area contributed by atoms with E-state index in [-0.39, 0.29) is 23.2 Å². The summed E-state index contributed by atoms with van der Waals surface area (Å²) in [5.41, 5.74) is -0.292. The van der Waals surface area contributed by atoms with Crippen molar-refractivity contribution in [1.29, 1.82) is 0 Å². The first-order valence-corrected chi connectivity index (χ1v) is 8.12. The average Bonchev–Trinajstić information content (AvgIpc) is 2.60. The highest BCUT2D eigenvalue weighted by molar-refractivity contribution is 5.75. The summed E-state index contributed by atoms with van der Waals surface area (Å²) in [5.74, 6) is 0.125. The monoisotopic (exact) mass is 362 g/mol. The predicted octanol–water partition coefficient (Wildman–Crippen LogP) is 4.52. The van der Waals surface area contributed by atoms with Gasteiger partial charge < -0.3 is 5.32 Å². The molecule has 0 aliphatic carbocycles. The fourth-order valence-electron chi connectivity index (χ4n) is 2.61. The molecule has 0 aliphatic rings. The van der Waals surface area contributed by atoms with Crippen LogP contribution in [-0.2, 0) is 6.18 Å². The van der Waals surface area contributed by atoms with Gasteiger partial charge in [0.2, 0.25) is 5.95 Å². The molecule has 0 amide bonds. The minimum atomic E-state index is -4.43. The van der Waals surface area contributed by atoms with Crippen LogP contribution < -0.4 is 10.9 Å². The molecule has 136 valence electrons. The van der Waals surface area contributed by atoms with Gasteiger partial charge in [-0.2, -0.15) is 18.2 Å².